The van der Waals surface area contributed by atoms with E-state index in [1.807, 2.05) is 19.0 Å². The summed E-state index contributed by atoms with van der Waals surface area (Å²) in [7, 11) is 3.82. The molecule has 0 spiro atoms. The van der Waals surface area contributed by atoms with Crippen LogP contribution in [0.5, 0.6) is 0 Å². The van der Waals surface area contributed by atoms with Crippen LogP contribution in [-0.2, 0) is 13.6 Å². The molecular formula is C17H22N6. The highest BCUT2D eigenvalue weighted by molar-refractivity contribution is 5.86. The maximum atomic E-state index is 6.02. The van der Waals surface area contributed by atoms with Gasteiger partial charge in [-0.2, -0.15) is 15.1 Å². The van der Waals surface area contributed by atoms with E-state index >= 15 is 0 Å². The van der Waals surface area contributed by atoms with Gasteiger partial charge in [0.15, 0.2) is 5.65 Å². The molecule has 0 atom stereocenters. The van der Waals surface area contributed by atoms with Crippen LogP contribution in [0.15, 0.2) is 30.5 Å². The fourth-order valence-corrected chi connectivity index (χ4v) is 2.56. The topological polar surface area (TPSA) is 72.9 Å². The van der Waals surface area contributed by atoms with Crippen molar-refractivity contribution in [2.24, 2.45) is 7.05 Å². The fraction of sp³-hybridized carbons (Fsp3) is 0.353. The highest BCUT2D eigenvalue weighted by Gasteiger charge is 2.12. The lowest BCUT2D eigenvalue weighted by Crippen LogP contribution is -2.20. The van der Waals surface area contributed by atoms with Gasteiger partial charge in [-0.15, -0.1) is 0 Å². The van der Waals surface area contributed by atoms with Gasteiger partial charge in [0.2, 0.25) is 5.95 Å². The third-order valence-corrected chi connectivity index (χ3v) is 4.02. The van der Waals surface area contributed by atoms with E-state index in [4.69, 9.17) is 5.73 Å². The number of nitrogen functional groups attached to an aromatic ring is 1. The SMILES string of the molecule is CC(C)c1ccc(CN(C)c2nc(N)c3cnn(C)c3n2)cc1. The van der Waals surface area contributed by atoms with Gasteiger partial charge >= 0.3 is 0 Å². The summed E-state index contributed by atoms with van der Waals surface area (Å²) < 4.78 is 1.71. The first-order valence-corrected chi connectivity index (χ1v) is 7.71. The number of hydrogen-bond acceptors (Lipinski definition) is 5. The van der Waals surface area contributed by atoms with Gasteiger partial charge in [-0.25, -0.2) is 0 Å². The molecule has 0 unspecified atom stereocenters. The van der Waals surface area contributed by atoms with Crippen molar-refractivity contribution in [3.63, 3.8) is 0 Å². The number of aromatic nitrogens is 4. The van der Waals surface area contributed by atoms with Gasteiger partial charge in [0, 0.05) is 20.6 Å². The van der Waals surface area contributed by atoms with Gasteiger partial charge in [0.25, 0.3) is 0 Å². The summed E-state index contributed by atoms with van der Waals surface area (Å²) in [6.07, 6.45) is 1.69. The third kappa shape index (κ3) is 2.97. The maximum absolute atomic E-state index is 6.02. The van der Waals surface area contributed by atoms with E-state index in [9.17, 15) is 0 Å². The minimum absolute atomic E-state index is 0.458. The zero-order chi connectivity index (χ0) is 16.6. The number of fused-ring (bicyclic) bond motifs is 1. The van der Waals surface area contributed by atoms with E-state index in [0.717, 1.165) is 17.6 Å². The number of hydrogen-bond donors (Lipinski definition) is 1. The summed E-state index contributed by atoms with van der Waals surface area (Å²) in [6.45, 7) is 5.11. The van der Waals surface area contributed by atoms with Gasteiger partial charge in [-0.3, -0.25) is 4.68 Å². The number of benzene rings is 1. The molecule has 0 amide bonds. The lowest BCUT2D eigenvalue weighted by atomic mass is 10.0. The number of anilines is 2. The Morgan fingerprint density at radius 1 is 1.17 bits per heavy atom. The van der Waals surface area contributed by atoms with Gasteiger partial charge in [0.05, 0.1) is 11.6 Å². The zero-order valence-electron chi connectivity index (χ0n) is 14.0. The summed E-state index contributed by atoms with van der Waals surface area (Å²) in [5, 5.41) is 4.97. The Morgan fingerprint density at radius 2 is 1.87 bits per heavy atom. The fourth-order valence-electron chi connectivity index (χ4n) is 2.56. The van der Waals surface area contributed by atoms with Crippen LogP contribution in [0.25, 0.3) is 11.0 Å². The van der Waals surface area contributed by atoms with E-state index < -0.39 is 0 Å². The lowest BCUT2D eigenvalue weighted by molar-refractivity contribution is 0.780. The van der Waals surface area contributed by atoms with Gasteiger partial charge in [-0.1, -0.05) is 38.1 Å². The monoisotopic (exact) mass is 310 g/mol. The molecule has 2 aromatic heterocycles. The molecule has 0 fully saturated rings. The number of nitrogens with zero attached hydrogens (tertiary/aromatic N) is 5. The van der Waals surface area contributed by atoms with Crippen molar-refractivity contribution in [2.75, 3.05) is 17.7 Å². The molecule has 0 aliphatic heterocycles. The standard InChI is InChI=1S/C17H22N6/c1-11(2)13-7-5-12(6-8-13)10-22(3)17-20-15(18)14-9-19-23(4)16(14)21-17/h5-9,11H,10H2,1-4H3,(H2,18,20,21). The minimum Gasteiger partial charge on any atom is -0.383 e. The first kappa shape index (κ1) is 15.3. The van der Waals surface area contributed by atoms with E-state index in [1.54, 1.807) is 10.9 Å². The van der Waals surface area contributed by atoms with Crippen LogP contribution >= 0.6 is 0 Å². The molecule has 0 saturated carbocycles. The molecule has 1 aromatic carbocycles. The van der Waals surface area contributed by atoms with Crippen molar-refractivity contribution in [3.8, 4) is 0 Å². The van der Waals surface area contributed by atoms with Gasteiger partial charge in [-0.05, 0) is 17.0 Å². The first-order valence-electron chi connectivity index (χ1n) is 7.71. The lowest BCUT2D eigenvalue weighted by Gasteiger charge is -2.18. The average Bonchev–Trinajstić information content (AvgIpc) is 2.90. The maximum Gasteiger partial charge on any atom is 0.229 e. The predicted molar refractivity (Wildman–Crippen MR) is 93.4 cm³/mol. The van der Waals surface area contributed by atoms with E-state index in [-0.39, 0.29) is 0 Å². The molecular weight excluding hydrogens is 288 g/mol. The molecule has 23 heavy (non-hydrogen) atoms. The molecule has 0 bridgehead atoms. The molecule has 3 aromatic rings. The summed E-state index contributed by atoms with van der Waals surface area (Å²) in [4.78, 5) is 11.0. The van der Waals surface area contributed by atoms with Crippen molar-refractivity contribution < 1.29 is 0 Å². The van der Waals surface area contributed by atoms with Gasteiger partial charge in [0.1, 0.15) is 5.82 Å². The second-order valence-corrected chi connectivity index (χ2v) is 6.17. The van der Waals surface area contributed by atoms with Crippen molar-refractivity contribution in [1.29, 1.82) is 0 Å². The highest BCUT2D eigenvalue weighted by Crippen LogP contribution is 2.21. The van der Waals surface area contributed by atoms with Crippen LogP contribution in [0.1, 0.15) is 30.9 Å². The Hall–Kier alpha value is -2.63. The molecule has 2 N–H and O–H groups in total. The summed E-state index contributed by atoms with van der Waals surface area (Å²) in [6, 6.07) is 8.65. The largest absolute Gasteiger partial charge is 0.383 e. The minimum atomic E-state index is 0.458. The molecule has 0 aliphatic carbocycles. The van der Waals surface area contributed by atoms with Crippen LogP contribution in [0.4, 0.5) is 11.8 Å². The second-order valence-electron chi connectivity index (χ2n) is 6.17. The Balaban J connectivity index is 1.85. The summed E-state index contributed by atoms with van der Waals surface area (Å²) in [5.74, 6) is 1.60. The van der Waals surface area contributed by atoms with Crippen LogP contribution in [0.3, 0.4) is 0 Å². The number of nitrogens with two attached hydrogens (primary N) is 1. The molecule has 120 valence electrons. The van der Waals surface area contributed by atoms with E-state index in [0.29, 0.717) is 17.7 Å². The Bertz CT molecular complexity index is 819. The van der Waals surface area contributed by atoms with Gasteiger partial charge < -0.3 is 10.6 Å². The van der Waals surface area contributed by atoms with Crippen molar-refractivity contribution in [1.82, 2.24) is 19.7 Å². The Kier molecular flexibility index (Phi) is 3.90. The molecule has 0 saturated heterocycles. The van der Waals surface area contributed by atoms with Crippen molar-refractivity contribution in [3.05, 3.63) is 41.6 Å². The third-order valence-electron chi connectivity index (χ3n) is 4.02. The Morgan fingerprint density at radius 3 is 2.52 bits per heavy atom. The van der Waals surface area contributed by atoms with E-state index in [2.05, 4.69) is 53.2 Å². The molecule has 3 rings (SSSR count). The molecule has 2 heterocycles. The summed E-state index contributed by atoms with van der Waals surface area (Å²) >= 11 is 0. The van der Waals surface area contributed by atoms with E-state index in [1.165, 1.54) is 11.1 Å². The summed E-state index contributed by atoms with van der Waals surface area (Å²) in [5.41, 5.74) is 9.32. The molecule has 0 radical (unpaired) electrons. The van der Waals surface area contributed by atoms with Crippen LogP contribution in [0.2, 0.25) is 0 Å². The highest BCUT2D eigenvalue weighted by atomic mass is 15.3. The second kappa shape index (κ2) is 5.87. The average molecular weight is 310 g/mol. The first-order chi connectivity index (χ1) is 11.0. The van der Waals surface area contributed by atoms with Crippen LogP contribution in [-0.4, -0.2) is 26.8 Å². The van der Waals surface area contributed by atoms with Crippen LogP contribution in [0, 0.1) is 0 Å². The number of aryl methyl sites for hydroxylation is 1. The quantitative estimate of drug-likeness (QED) is 0.802. The zero-order valence-corrected chi connectivity index (χ0v) is 14.0. The normalized spacial score (nSPS) is 11.3. The molecule has 6 nitrogen and oxygen atoms in total. The van der Waals surface area contributed by atoms with Crippen LogP contribution < -0.4 is 10.6 Å². The van der Waals surface area contributed by atoms with Crippen molar-refractivity contribution in [2.45, 2.75) is 26.3 Å². The smallest absolute Gasteiger partial charge is 0.229 e. The molecule has 6 heteroatoms. The Labute approximate surface area is 136 Å². The number of rotatable bonds is 4. The van der Waals surface area contributed by atoms with Crippen molar-refractivity contribution >= 4 is 22.8 Å². The predicted octanol–water partition coefficient (Wildman–Crippen LogP) is 2.71. The molecule has 0 aliphatic rings.